The molecule has 1 aromatic heterocycles. The van der Waals surface area contributed by atoms with Crippen LogP contribution in [0.15, 0.2) is 22.7 Å². The third-order valence-corrected chi connectivity index (χ3v) is 4.53. The maximum Gasteiger partial charge on any atom is 0.232 e. The quantitative estimate of drug-likeness (QED) is 0.914. The van der Waals surface area contributed by atoms with Gasteiger partial charge in [-0.15, -0.1) is 0 Å². The van der Waals surface area contributed by atoms with Gasteiger partial charge in [-0.1, -0.05) is 17.3 Å². The summed E-state index contributed by atoms with van der Waals surface area (Å²) in [5.74, 6) is 2.59. The topological polar surface area (TPSA) is 64.9 Å². The lowest BCUT2D eigenvalue weighted by Crippen LogP contribution is -2.26. The number of aryl methyl sites for hydroxylation is 1. The number of thioether (sulfide) groups is 1. The zero-order valence-electron chi connectivity index (χ0n) is 10.5. The Labute approximate surface area is 114 Å². The highest BCUT2D eigenvalue weighted by molar-refractivity contribution is 7.99. The van der Waals surface area contributed by atoms with Crippen molar-refractivity contribution in [1.82, 2.24) is 10.1 Å². The molecule has 2 atom stereocenters. The molecular weight excluding hydrogens is 265 g/mol. The molecule has 2 N–H and O–H groups in total. The normalized spacial score (nSPS) is 22.9. The zero-order chi connectivity index (χ0) is 13.4. The molecule has 0 aliphatic carbocycles. The van der Waals surface area contributed by atoms with E-state index in [4.69, 9.17) is 10.3 Å². The van der Waals surface area contributed by atoms with E-state index in [0.29, 0.717) is 22.8 Å². The Bertz CT molecular complexity index is 601. The van der Waals surface area contributed by atoms with Crippen LogP contribution in [0.25, 0.3) is 11.4 Å². The summed E-state index contributed by atoms with van der Waals surface area (Å²) in [5.41, 5.74) is 7.22. The molecule has 19 heavy (non-hydrogen) atoms. The van der Waals surface area contributed by atoms with Crippen LogP contribution in [0.1, 0.15) is 17.4 Å². The van der Waals surface area contributed by atoms with Crippen LogP contribution in [0, 0.1) is 12.7 Å². The van der Waals surface area contributed by atoms with Crippen LogP contribution >= 0.6 is 11.8 Å². The fourth-order valence-corrected chi connectivity index (χ4v) is 3.34. The summed E-state index contributed by atoms with van der Waals surface area (Å²) in [5, 5.41) is 3.92. The van der Waals surface area contributed by atoms with Crippen molar-refractivity contribution in [3.05, 3.63) is 35.5 Å². The van der Waals surface area contributed by atoms with Crippen molar-refractivity contribution >= 4 is 11.8 Å². The van der Waals surface area contributed by atoms with E-state index in [1.165, 1.54) is 6.07 Å². The molecule has 6 heteroatoms. The second-order valence-corrected chi connectivity index (χ2v) is 5.80. The van der Waals surface area contributed by atoms with Crippen molar-refractivity contribution in [3.63, 3.8) is 0 Å². The summed E-state index contributed by atoms with van der Waals surface area (Å²) in [6.07, 6.45) is 0. The number of hydrogen-bond donors (Lipinski definition) is 1. The first-order valence-corrected chi connectivity index (χ1v) is 7.24. The van der Waals surface area contributed by atoms with Crippen molar-refractivity contribution < 1.29 is 8.91 Å². The first-order valence-electron chi connectivity index (χ1n) is 6.08. The summed E-state index contributed by atoms with van der Waals surface area (Å²) in [6.45, 7) is 1.72. The van der Waals surface area contributed by atoms with E-state index < -0.39 is 0 Å². The van der Waals surface area contributed by atoms with Crippen molar-refractivity contribution in [3.8, 4) is 11.4 Å². The summed E-state index contributed by atoms with van der Waals surface area (Å²) in [4.78, 5) is 4.35. The lowest BCUT2D eigenvalue weighted by atomic mass is 10.1. The molecule has 1 aliphatic rings. The first kappa shape index (κ1) is 12.6. The largest absolute Gasteiger partial charge is 0.339 e. The van der Waals surface area contributed by atoms with Gasteiger partial charge in [0.25, 0.3) is 0 Å². The average molecular weight is 279 g/mol. The molecule has 2 heterocycles. The van der Waals surface area contributed by atoms with Crippen molar-refractivity contribution in [2.45, 2.75) is 18.9 Å². The van der Waals surface area contributed by atoms with Crippen LogP contribution in [0.2, 0.25) is 0 Å². The number of rotatable bonds is 2. The van der Waals surface area contributed by atoms with Crippen molar-refractivity contribution in [2.75, 3.05) is 11.5 Å². The second-order valence-electron chi connectivity index (χ2n) is 4.73. The molecule has 0 amide bonds. The lowest BCUT2D eigenvalue weighted by molar-refractivity contribution is 0.352. The maximum absolute atomic E-state index is 13.5. The van der Waals surface area contributed by atoms with Gasteiger partial charge in [0.15, 0.2) is 0 Å². The van der Waals surface area contributed by atoms with Crippen LogP contribution < -0.4 is 5.73 Å². The molecule has 3 rings (SSSR count). The average Bonchev–Trinajstić information content (AvgIpc) is 3.01. The van der Waals surface area contributed by atoms with Gasteiger partial charge in [-0.3, -0.25) is 0 Å². The molecule has 1 saturated heterocycles. The van der Waals surface area contributed by atoms with Gasteiger partial charge < -0.3 is 10.3 Å². The predicted molar refractivity (Wildman–Crippen MR) is 72.5 cm³/mol. The second kappa shape index (κ2) is 4.94. The SMILES string of the molecule is Cc1ccc(-c2noc(C3CSCC3N)n2)cc1F. The van der Waals surface area contributed by atoms with E-state index >= 15 is 0 Å². The third-order valence-electron chi connectivity index (χ3n) is 3.31. The van der Waals surface area contributed by atoms with E-state index in [0.717, 1.165) is 11.5 Å². The molecule has 0 saturated carbocycles. The zero-order valence-corrected chi connectivity index (χ0v) is 11.3. The summed E-state index contributed by atoms with van der Waals surface area (Å²) < 4.78 is 18.8. The molecule has 100 valence electrons. The van der Waals surface area contributed by atoms with E-state index in [2.05, 4.69) is 10.1 Å². The van der Waals surface area contributed by atoms with Crippen LogP contribution in [-0.2, 0) is 0 Å². The maximum atomic E-state index is 13.5. The fourth-order valence-electron chi connectivity index (χ4n) is 2.06. The molecule has 0 radical (unpaired) electrons. The number of benzene rings is 1. The van der Waals surface area contributed by atoms with Gasteiger partial charge in [0.2, 0.25) is 11.7 Å². The minimum atomic E-state index is -0.267. The highest BCUT2D eigenvalue weighted by atomic mass is 32.2. The minimum Gasteiger partial charge on any atom is -0.339 e. The first-order chi connectivity index (χ1) is 9.15. The van der Waals surface area contributed by atoms with Gasteiger partial charge in [0.05, 0.1) is 5.92 Å². The highest BCUT2D eigenvalue weighted by Gasteiger charge is 2.31. The molecule has 1 aliphatic heterocycles. The Morgan fingerprint density at radius 2 is 2.26 bits per heavy atom. The molecule has 1 fully saturated rings. The van der Waals surface area contributed by atoms with Gasteiger partial charge >= 0.3 is 0 Å². The van der Waals surface area contributed by atoms with Crippen molar-refractivity contribution in [2.24, 2.45) is 5.73 Å². The number of nitrogens with two attached hydrogens (primary N) is 1. The molecule has 0 spiro atoms. The van der Waals surface area contributed by atoms with Gasteiger partial charge in [-0.2, -0.15) is 16.7 Å². The molecular formula is C13H14FN3OS. The van der Waals surface area contributed by atoms with Gasteiger partial charge in [0.1, 0.15) is 5.82 Å². The Hall–Kier alpha value is -1.40. The summed E-state index contributed by atoms with van der Waals surface area (Å²) >= 11 is 1.78. The summed E-state index contributed by atoms with van der Waals surface area (Å²) in [7, 11) is 0. The molecule has 4 nitrogen and oxygen atoms in total. The van der Waals surface area contributed by atoms with Crippen LogP contribution in [0.4, 0.5) is 4.39 Å². The number of aromatic nitrogens is 2. The Morgan fingerprint density at radius 1 is 1.42 bits per heavy atom. The van der Waals surface area contributed by atoms with Gasteiger partial charge in [-0.05, 0) is 18.6 Å². The van der Waals surface area contributed by atoms with E-state index in [-0.39, 0.29) is 17.8 Å². The van der Waals surface area contributed by atoms with Crippen LogP contribution in [0.3, 0.4) is 0 Å². The highest BCUT2D eigenvalue weighted by Crippen LogP contribution is 2.31. The smallest absolute Gasteiger partial charge is 0.232 e. The minimum absolute atomic E-state index is 0.0491. The number of halogens is 1. The predicted octanol–water partition coefficient (Wildman–Crippen LogP) is 2.34. The Kier molecular flexibility index (Phi) is 3.28. The van der Waals surface area contributed by atoms with E-state index in [1.807, 2.05) is 0 Å². The molecule has 0 bridgehead atoms. The molecule has 2 aromatic rings. The molecule has 1 aromatic carbocycles. The standard InChI is InChI=1S/C13H14FN3OS/c1-7-2-3-8(4-10(7)14)12-16-13(18-17-12)9-5-19-6-11(9)15/h2-4,9,11H,5-6,15H2,1H3. The summed E-state index contributed by atoms with van der Waals surface area (Å²) in [6, 6.07) is 4.97. The molecule has 2 unspecified atom stereocenters. The van der Waals surface area contributed by atoms with Crippen LogP contribution in [-0.4, -0.2) is 27.7 Å². The van der Waals surface area contributed by atoms with Gasteiger partial charge in [0, 0.05) is 23.1 Å². The van der Waals surface area contributed by atoms with E-state index in [9.17, 15) is 4.39 Å². The fraction of sp³-hybridized carbons (Fsp3) is 0.385. The van der Waals surface area contributed by atoms with E-state index in [1.54, 1.807) is 30.8 Å². The number of hydrogen-bond acceptors (Lipinski definition) is 5. The third kappa shape index (κ3) is 2.37. The van der Waals surface area contributed by atoms with Gasteiger partial charge in [-0.25, -0.2) is 4.39 Å². The Morgan fingerprint density at radius 3 is 2.95 bits per heavy atom. The number of nitrogens with zero attached hydrogens (tertiary/aromatic N) is 2. The Balaban J connectivity index is 1.90. The van der Waals surface area contributed by atoms with Crippen molar-refractivity contribution in [1.29, 1.82) is 0 Å². The monoisotopic (exact) mass is 279 g/mol. The lowest BCUT2D eigenvalue weighted by Gasteiger charge is -2.07. The van der Waals surface area contributed by atoms with Crippen LogP contribution in [0.5, 0.6) is 0 Å².